The van der Waals surface area contributed by atoms with E-state index in [0.717, 1.165) is 6.42 Å². The van der Waals surface area contributed by atoms with Gasteiger partial charge in [-0.3, -0.25) is 0 Å². The van der Waals surface area contributed by atoms with Gasteiger partial charge in [-0.1, -0.05) is 13.8 Å². The van der Waals surface area contributed by atoms with Gasteiger partial charge in [-0.05, 0) is 18.8 Å². The maximum Gasteiger partial charge on any atom is 0.326 e. The van der Waals surface area contributed by atoms with E-state index in [0.29, 0.717) is 19.6 Å². The first-order valence-corrected chi connectivity index (χ1v) is 6.31. The highest BCUT2D eigenvalue weighted by Gasteiger charge is 2.28. The van der Waals surface area contributed by atoms with Gasteiger partial charge >= 0.3 is 12.0 Å². The zero-order valence-electron chi connectivity index (χ0n) is 11.2. The second-order valence-electron chi connectivity index (χ2n) is 4.77. The summed E-state index contributed by atoms with van der Waals surface area (Å²) in [5.41, 5.74) is 0. The van der Waals surface area contributed by atoms with Crippen molar-refractivity contribution in [2.45, 2.75) is 38.8 Å². The highest BCUT2D eigenvalue weighted by molar-refractivity contribution is 5.82. The van der Waals surface area contributed by atoms with Crippen molar-refractivity contribution in [1.29, 1.82) is 0 Å². The zero-order chi connectivity index (χ0) is 13.7. The van der Waals surface area contributed by atoms with Gasteiger partial charge in [-0.2, -0.15) is 0 Å². The van der Waals surface area contributed by atoms with Crippen LogP contribution in [0.2, 0.25) is 0 Å². The third kappa shape index (κ3) is 3.60. The van der Waals surface area contributed by atoms with E-state index >= 15 is 0 Å². The molecule has 3 atom stereocenters. The van der Waals surface area contributed by atoms with E-state index in [-0.39, 0.29) is 18.0 Å². The van der Waals surface area contributed by atoms with Crippen molar-refractivity contribution < 1.29 is 19.4 Å². The first-order valence-electron chi connectivity index (χ1n) is 6.31. The minimum Gasteiger partial charge on any atom is -0.480 e. The lowest BCUT2D eigenvalue weighted by molar-refractivity contribution is -0.141. The Kier molecular flexibility index (Phi) is 5.40. The molecule has 1 saturated heterocycles. The topological polar surface area (TPSA) is 78.9 Å². The molecule has 0 spiro atoms. The molecule has 2 N–H and O–H groups in total. The lowest BCUT2D eigenvalue weighted by Gasteiger charge is -2.32. The third-order valence-electron chi connectivity index (χ3n) is 3.41. The van der Waals surface area contributed by atoms with Crippen LogP contribution < -0.4 is 5.32 Å². The summed E-state index contributed by atoms with van der Waals surface area (Å²) in [6.07, 6.45) is 1.16. The highest BCUT2D eigenvalue weighted by Crippen LogP contribution is 2.14. The van der Waals surface area contributed by atoms with Crippen LogP contribution in [-0.2, 0) is 9.53 Å². The number of amides is 2. The predicted molar refractivity (Wildman–Crippen MR) is 66.4 cm³/mol. The van der Waals surface area contributed by atoms with Crippen LogP contribution >= 0.6 is 0 Å². The summed E-state index contributed by atoms with van der Waals surface area (Å²) in [6.45, 7) is 5.03. The molecule has 0 aromatic heterocycles. The number of hydrogen-bond donors (Lipinski definition) is 2. The van der Waals surface area contributed by atoms with E-state index in [1.165, 1.54) is 11.9 Å². The second kappa shape index (κ2) is 6.58. The van der Waals surface area contributed by atoms with Gasteiger partial charge in [-0.15, -0.1) is 0 Å². The first-order chi connectivity index (χ1) is 8.47. The minimum absolute atomic E-state index is 0.0556. The predicted octanol–water partition coefficient (Wildman–Crippen LogP) is 0.916. The van der Waals surface area contributed by atoms with Crippen molar-refractivity contribution in [3.05, 3.63) is 0 Å². The molecule has 18 heavy (non-hydrogen) atoms. The molecule has 0 aromatic carbocycles. The van der Waals surface area contributed by atoms with Crippen LogP contribution in [0.15, 0.2) is 0 Å². The molecule has 104 valence electrons. The molecule has 2 amide bonds. The van der Waals surface area contributed by atoms with E-state index in [1.807, 2.05) is 6.92 Å². The number of likely N-dealkylation sites (N-methyl/N-ethyl adjacent to an activating group) is 1. The lowest BCUT2D eigenvalue weighted by atomic mass is 9.98. The molecule has 1 heterocycles. The van der Waals surface area contributed by atoms with Gasteiger partial charge in [0.05, 0.1) is 6.61 Å². The Labute approximate surface area is 107 Å². The summed E-state index contributed by atoms with van der Waals surface area (Å²) >= 11 is 0. The molecule has 1 aliphatic heterocycles. The van der Waals surface area contributed by atoms with E-state index in [1.54, 1.807) is 6.92 Å². The normalized spacial score (nSPS) is 25.3. The number of urea groups is 1. The van der Waals surface area contributed by atoms with E-state index in [4.69, 9.17) is 9.84 Å². The van der Waals surface area contributed by atoms with E-state index in [2.05, 4.69) is 5.32 Å². The SMILES string of the molecule is CCC(C(=O)O)N(C)C(=O)NC1CCOCC1C. The van der Waals surface area contributed by atoms with E-state index in [9.17, 15) is 9.59 Å². The highest BCUT2D eigenvalue weighted by atomic mass is 16.5. The molecule has 6 nitrogen and oxygen atoms in total. The summed E-state index contributed by atoms with van der Waals surface area (Å²) in [4.78, 5) is 24.2. The minimum atomic E-state index is -0.977. The number of nitrogens with one attached hydrogen (secondary N) is 1. The van der Waals surface area contributed by atoms with Gasteiger partial charge in [0, 0.05) is 19.7 Å². The average molecular weight is 258 g/mol. The summed E-state index contributed by atoms with van der Waals surface area (Å²) in [5, 5.41) is 11.9. The maximum absolute atomic E-state index is 12.0. The molecule has 0 aliphatic carbocycles. The number of aliphatic carboxylic acids is 1. The van der Waals surface area contributed by atoms with Crippen molar-refractivity contribution in [2.75, 3.05) is 20.3 Å². The van der Waals surface area contributed by atoms with Crippen LogP contribution in [0.25, 0.3) is 0 Å². The quantitative estimate of drug-likeness (QED) is 0.785. The van der Waals surface area contributed by atoms with E-state index < -0.39 is 12.0 Å². The zero-order valence-corrected chi connectivity index (χ0v) is 11.2. The molecule has 0 aromatic rings. The van der Waals surface area contributed by atoms with Crippen molar-refractivity contribution in [2.24, 2.45) is 5.92 Å². The Morgan fingerprint density at radius 2 is 2.22 bits per heavy atom. The van der Waals surface area contributed by atoms with Gasteiger partial charge in [-0.25, -0.2) is 9.59 Å². The van der Waals surface area contributed by atoms with Gasteiger partial charge in [0.25, 0.3) is 0 Å². The number of carboxylic acids is 1. The molecule has 1 fully saturated rings. The molecule has 0 saturated carbocycles. The fourth-order valence-corrected chi connectivity index (χ4v) is 2.11. The van der Waals surface area contributed by atoms with Crippen LogP contribution in [-0.4, -0.2) is 54.4 Å². The van der Waals surface area contributed by atoms with Crippen LogP contribution in [0.3, 0.4) is 0 Å². The molecule has 0 bridgehead atoms. The van der Waals surface area contributed by atoms with Crippen LogP contribution in [0.1, 0.15) is 26.7 Å². The first kappa shape index (κ1) is 14.8. The molecule has 1 aliphatic rings. The molecule has 0 radical (unpaired) electrons. The second-order valence-corrected chi connectivity index (χ2v) is 4.77. The Morgan fingerprint density at radius 3 is 2.72 bits per heavy atom. The summed E-state index contributed by atoms with van der Waals surface area (Å²) in [5.74, 6) is -0.726. The Hall–Kier alpha value is -1.30. The Bertz CT molecular complexity index is 308. The largest absolute Gasteiger partial charge is 0.480 e. The number of rotatable bonds is 4. The number of nitrogens with zero attached hydrogens (tertiary/aromatic N) is 1. The number of carboxylic acid groups (broad SMARTS) is 1. The number of carbonyl (C=O) groups is 2. The Balaban J connectivity index is 2.55. The van der Waals surface area contributed by atoms with Crippen LogP contribution in [0.5, 0.6) is 0 Å². The van der Waals surface area contributed by atoms with Crippen molar-refractivity contribution in [3.63, 3.8) is 0 Å². The van der Waals surface area contributed by atoms with Gasteiger partial charge < -0.3 is 20.1 Å². The van der Waals surface area contributed by atoms with Gasteiger partial charge in [0.2, 0.25) is 0 Å². The van der Waals surface area contributed by atoms with Crippen molar-refractivity contribution in [3.8, 4) is 0 Å². The molecular weight excluding hydrogens is 236 g/mol. The monoisotopic (exact) mass is 258 g/mol. The van der Waals surface area contributed by atoms with Gasteiger partial charge in [0.1, 0.15) is 6.04 Å². The maximum atomic E-state index is 12.0. The Morgan fingerprint density at radius 1 is 1.56 bits per heavy atom. The van der Waals surface area contributed by atoms with Gasteiger partial charge in [0.15, 0.2) is 0 Å². The number of carbonyl (C=O) groups excluding carboxylic acids is 1. The molecule has 3 unspecified atom stereocenters. The van der Waals surface area contributed by atoms with Crippen molar-refractivity contribution >= 4 is 12.0 Å². The third-order valence-corrected chi connectivity index (χ3v) is 3.41. The summed E-state index contributed by atoms with van der Waals surface area (Å²) in [7, 11) is 1.52. The summed E-state index contributed by atoms with van der Waals surface area (Å²) < 4.78 is 5.30. The lowest BCUT2D eigenvalue weighted by Crippen LogP contribution is -2.52. The fourth-order valence-electron chi connectivity index (χ4n) is 2.11. The smallest absolute Gasteiger partial charge is 0.326 e. The van der Waals surface area contributed by atoms with Crippen LogP contribution in [0.4, 0.5) is 4.79 Å². The number of ether oxygens (including phenoxy) is 1. The average Bonchev–Trinajstić information content (AvgIpc) is 2.32. The molecule has 1 rings (SSSR count). The molecular formula is C12H22N2O4. The number of hydrogen-bond acceptors (Lipinski definition) is 3. The van der Waals surface area contributed by atoms with Crippen LogP contribution in [0, 0.1) is 5.92 Å². The molecule has 6 heteroatoms. The standard InChI is InChI=1S/C12H22N2O4/c1-4-10(11(15)16)14(3)12(17)13-9-5-6-18-7-8(9)2/h8-10H,4-7H2,1-3H3,(H,13,17)(H,15,16). The fraction of sp³-hybridized carbons (Fsp3) is 0.833. The van der Waals surface area contributed by atoms with Crippen molar-refractivity contribution in [1.82, 2.24) is 10.2 Å². The summed E-state index contributed by atoms with van der Waals surface area (Å²) in [6, 6.07) is -1.05.